The van der Waals surface area contributed by atoms with Crippen molar-refractivity contribution in [2.75, 3.05) is 39.9 Å². The number of halogens is 4. The molecule has 0 aliphatic carbocycles. The van der Waals surface area contributed by atoms with Gasteiger partial charge in [-0.05, 0) is 56.2 Å². The van der Waals surface area contributed by atoms with Crippen LogP contribution in [0.25, 0.3) is 0 Å². The van der Waals surface area contributed by atoms with Crippen LogP contribution in [0.15, 0.2) is 29.3 Å². The Hall–Kier alpha value is -1.23. The predicted octanol–water partition coefficient (Wildman–Crippen LogP) is 4.46. The summed E-state index contributed by atoms with van der Waals surface area (Å²) in [6.45, 7) is 6.01. The molecule has 1 heterocycles. The molecule has 1 aliphatic rings. The average molecular weight is 529 g/mol. The first-order valence-electron chi connectivity index (χ1n) is 9.79. The summed E-state index contributed by atoms with van der Waals surface area (Å²) < 4.78 is 45.9. The second kappa shape index (κ2) is 13.1. The van der Waals surface area contributed by atoms with Crippen molar-refractivity contribution in [1.29, 1.82) is 0 Å². The highest BCUT2D eigenvalue weighted by Crippen LogP contribution is 2.23. The molecule has 0 radical (unpaired) electrons. The van der Waals surface area contributed by atoms with E-state index in [4.69, 9.17) is 4.74 Å². The number of guanidine groups is 1. The number of hydrogen-bond acceptors (Lipinski definition) is 3. The van der Waals surface area contributed by atoms with Gasteiger partial charge in [-0.2, -0.15) is 0 Å². The van der Waals surface area contributed by atoms with Crippen LogP contribution in [-0.4, -0.2) is 57.1 Å². The van der Waals surface area contributed by atoms with Gasteiger partial charge in [0, 0.05) is 39.9 Å². The Bertz CT molecular complexity index is 606. The summed E-state index contributed by atoms with van der Waals surface area (Å²) in [5, 5.41) is 3.30. The number of ether oxygens (including phenoxy) is 2. The standard InChI is InChI=1S/C20H30F3N3O2.HI/c1-3-24-19(26(2)13-9-17-10-14-27-15-11-17)25-12-8-16-4-6-18(7-5-16)28-20(21,22)23;/h4-7,17H,3,8-15H2,1-2H3,(H,24,25);1H. The highest BCUT2D eigenvalue weighted by Gasteiger charge is 2.30. The van der Waals surface area contributed by atoms with Crippen LogP contribution in [-0.2, 0) is 11.2 Å². The maximum absolute atomic E-state index is 12.2. The van der Waals surface area contributed by atoms with Gasteiger partial charge in [-0.25, -0.2) is 0 Å². The van der Waals surface area contributed by atoms with Crippen LogP contribution in [0.4, 0.5) is 13.2 Å². The second-order valence-corrected chi connectivity index (χ2v) is 6.94. The smallest absolute Gasteiger partial charge is 0.406 e. The first kappa shape index (κ1) is 25.8. The highest BCUT2D eigenvalue weighted by molar-refractivity contribution is 14.0. The number of aliphatic imine (C=N–C) groups is 1. The van der Waals surface area contributed by atoms with E-state index in [2.05, 4.69) is 19.9 Å². The minimum atomic E-state index is -4.66. The maximum Gasteiger partial charge on any atom is 0.573 e. The van der Waals surface area contributed by atoms with Crippen LogP contribution in [0.3, 0.4) is 0 Å². The number of rotatable bonds is 8. The third kappa shape index (κ3) is 10.4. The van der Waals surface area contributed by atoms with Crippen molar-refractivity contribution in [2.45, 2.75) is 39.0 Å². The summed E-state index contributed by atoms with van der Waals surface area (Å²) in [4.78, 5) is 6.79. The van der Waals surface area contributed by atoms with Crippen LogP contribution in [0.2, 0.25) is 0 Å². The molecule has 0 amide bonds. The number of hydrogen-bond donors (Lipinski definition) is 1. The SMILES string of the molecule is CCNC(=NCCc1ccc(OC(F)(F)F)cc1)N(C)CCC1CCOCC1.I. The van der Waals surface area contributed by atoms with Crippen LogP contribution < -0.4 is 10.1 Å². The predicted molar refractivity (Wildman–Crippen MR) is 119 cm³/mol. The summed E-state index contributed by atoms with van der Waals surface area (Å²) >= 11 is 0. The summed E-state index contributed by atoms with van der Waals surface area (Å²) in [5.74, 6) is 1.35. The molecule has 2 rings (SSSR count). The van der Waals surface area contributed by atoms with Gasteiger partial charge in [0.25, 0.3) is 0 Å². The van der Waals surface area contributed by atoms with E-state index in [9.17, 15) is 13.2 Å². The molecule has 0 unspecified atom stereocenters. The molecule has 9 heteroatoms. The lowest BCUT2D eigenvalue weighted by Gasteiger charge is -2.26. The van der Waals surface area contributed by atoms with Crippen molar-refractivity contribution in [3.63, 3.8) is 0 Å². The Morgan fingerprint density at radius 3 is 2.48 bits per heavy atom. The van der Waals surface area contributed by atoms with Crippen molar-refractivity contribution in [2.24, 2.45) is 10.9 Å². The van der Waals surface area contributed by atoms with Gasteiger partial charge in [0.1, 0.15) is 5.75 Å². The monoisotopic (exact) mass is 529 g/mol. The zero-order chi connectivity index (χ0) is 20.4. The molecule has 1 aromatic carbocycles. The van der Waals surface area contributed by atoms with E-state index >= 15 is 0 Å². The molecule has 1 N–H and O–H groups in total. The lowest BCUT2D eigenvalue weighted by molar-refractivity contribution is -0.274. The molecule has 0 saturated carbocycles. The number of benzene rings is 1. The summed E-state index contributed by atoms with van der Waals surface area (Å²) in [6.07, 6.45) is -0.660. The molecule has 5 nitrogen and oxygen atoms in total. The Balaban J connectivity index is 0.00000420. The molecular formula is C20H31F3IN3O2. The van der Waals surface area contributed by atoms with Gasteiger partial charge >= 0.3 is 6.36 Å². The summed E-state index contributed by atoms with van der Waals surface area (Å²) in [7, 11) is 2.03. The van der Waals surface area contributed by atoms with E-state index < -0.39 is 6.36 Å². The van der Waals surface area contributed by atoms with E-state index in [1.54, 1.807) is 12.1 Å². The number of nitrogens with zero attached hydrogens (tertiary/aromatic N) is 2. The normalized spacial score (nSPS) is 15.6. The fraction of sp³-hybridized carbons (Fsp3) is 0.650. The number of nitrogens with one attached hydrogen (secondary N) is 1. The van der Waals surface area contributed by atoms with Gasteiger partial charge in [0.15, 0.2) is 5.96 Å². The zero-order valence-corrected chi connectivity index (χ0v) is 19.3. The molecule has 1 aromatic rings. The Morgan fingerprint density at radius 2 is 1.90 bits per heavy atom. The molecule has 0 bridgehead atoms. The van der Waals surface area contributed by atoms with E-state index in [1.807, 2.05) is 14.0 Å². The maximum atomic E-state index is 12.2. The molecule has 29 heavy (non-hydrogen) atoms. The van der Waals surface area contributed by atoms with E-state index in [0.717, 1.165) is 57.1 Å². The van der Waals surface area contributed by atoms with Gasteiger partial charge in [-0.15, -0.1) is 37.1 Å². The molecule has 0 spiro atoms. The highest BCUT2D eigenvalue weighted by atomic mass is 127. The molecule has 1 fully saturated rings. The van der Waals surface area contributed by atoms with Crippen molar-refractivity contribution >= 4 is 29.9 Å². The lowest BCUT2D eigenvalue weighted by Crippen LogP contribution is -2.40. The molecule has 0 atom stereocenters. The van der Waals surface area contributed by atoms with Crippen molar-refractivity contribution < 1.29 is 22.6 Å². The lowest BCUT2D eigenvalue weighted by atomic mass is 9.96. The molecular weight excluding hydrogens is 498 g/mol. The van der Waals surface area contributed by atoms with Crippen molar-refractivity contribution in [3.05, 3.63) is 29.8 Å². The van der Waals surface area contributed by atoms with Crippen LogP contribution in [0, 0.1) is 5.92 Å². The van der Waals surface area contributed by atoms with E-state index in [-0.39, 0.29) is 29.7 Å². The first-order chi connectivity index (χ1) is 13.4. The van der Waals surface area contributed by atoms with E-state index in [1.165, 1.54) is 12.1 Å². The second-order valence-electron chi connectivity index (χ2n) is 6.94. The molecule has 1 aliphatic heterocycles. The fourth-order valence-electron chi connectivity index (χ4n) is 3.14. The van der Waals surface area contributed by atoms with Crippen LogP contribution >= 0.6 is 24.0 Å². The Morgan fingerprint density at radius 1 is 1.24 bits per heavy atom. The third-order valence-corrected chi connectivity index (χ3v) is 4.73. The minimum absolute atomic E-state index is 0. The average Bonchev–Trinajstić information content (AvgIpc) is 2.66. The molecule has 166 valence electrons. The summed E-state index contributed by atoms with van der Waals surface area (Å²) in [6, 6.07) is 5.94. The van der Waals surface area contributed by atoms with Crippen molar-refractivity contribution in [3.8, 4) is 5.75 Å². The van der Waals surface area contributed by atoms with Gasteiger partial charge in [-0.3, -0.25) is 4.99 Å². The third-order valence-electron chi connectivity index (χ3n) is 4.73. The minimum Gasteiger partial charge on any atom is -0.406 e. The van der Waals surface area contributed by atoms with Gasteiger partial charge in [-0.1, -0.05) is 12.1 Å². The Labute approximate surface area is 188 Å². The Kier molecular flexibility index (Phi) is 11.7. The van der Waals surface area contributed by atoms with Crippen molar-refractivity contribution in [1.82, 2.24) is 10.2 Å². The van der Waals surface area contributed by atoms with Gasteiger partial charge in [0.05, 0.1) is 0 Å². The quantitative estimate of drug-likeness (QED) is 0.307. The van der Waals surface area contributed by atoms with Crippen LogP contribution in [0.5, 0.6) is 5.75 Å². The molecule has 1 saturated heterocycles. The van der Waals surface area contributed by atoms with Gasteiger partial charge < -0.3 is 19.7 Å². The zero-order valence-electron chi connectivity index (χ0n) is 17.0. The number of alkyl halides is 3. The largest absolute Gasteiger partial charge is 0.573 e. The van der Waals surface area contributed by atoms with Gasteiger partial charge in [0.2, 0.25) is 0 Å². The summed E-state index contributed by atoms with van der Waals surface area (Å²) in [5.41, 5.74) is 0.916. The fourth-order valence-corrected chi connectivity index (χ4v) is 3.14. The topological polar surface area (TPSA) is 46.1 Å². The van der Waals surface area contributed by atoms with Crippen LogP contribution in [0.1, 0.15) is 31.7 Å². The van der Waals surface area contributed by atoms with E-state index in [0.29, 0.717) is 18.9 Å². The first-order valence-corrected chi connectivity index (χ1v) is 9.79. The molecule has 0 aromatic heterocycles.